The molecule has 0 unspecified atom stereocenters. The van der Waals surface area contributed by atoms with E-state index in [1.807, 2.05) is 19.9 Å². The summed E-state index contributed by atoms with van der Waals surface area (Å²) in [5, 5.41) is 8.82. The molecule has 88 valence electrons. The molecule has 0 saturated carbocycles. The van der Waals surface area contributed by atoms with E-state index < -0.39 is 5.97 Å². The van der Waals surface area contributed by atoms with Crippen molar-refractivity contribution in [2.45, 2.75) is 20.3 Å². The number of rotatable bonds is 5. The Kier molecular flexibility index (Phi) is 4.73. The monoisotopic (exact) mass is 286 g/mol. The third kappa shape index (κ3) is 3.48. The van der Waals surface area contributed by atoms with Crippen molar-refractivity contribution in [2.75, 3.05) is 18.0 Å². The van der Waals surface area contributed by atoms with Gasteiger partial charge in [0, 0.05) is 17.2 Å². The van der Waals surface area contributed by atoms with E-state index in [9.17, 15) is 4.79 Å². The molecule has 0 radical (unpaired) electrons. The zero-order valence-corrected chi connectivity index (χ0v) is 11.0. The number of hydrogen-bond acceptors (Lipinski definition) is 3. The molecule has 1 aromatic heterocycles. The second kappa shape index (κ2) is 5.84. The van der Waals surface area contributed by atoms with Crippen LogP contribution in [0.2, 0.25) is 0 Å². The molecule has 0 fully saturated rings. The number of aliphatic carboxylic acids is 1. The number of carboxylic acid groups (broad SMARTS) is 1. The topological polar surface area (TPSA) is 53.4 Å². The van der Waals surface area contributed by atoms with Crippen molar-refractivity contribution >= 4 is 27.7 Å². The van der Waals surface area contributed by atoms with Gasteiger partial charge >= 0.3 is 5.97 Å². The summed E-state index contributed by atoms with van der Waals surface area (Å²) in [6.45, 7) is 4.66. The van der Waals surface area contributed by atoms with Crippen molar-refractivity contribution in [1.82, 2.24) is 4.98 Å². The van der Waals surface area contributed by atoms with E-state index in [0.717, 1.165) is 16.5 Å². The van der Waals surface area contributed by atoms with Crippen molar-refractivity contribution in [3.8, 4) is 0 Å². The lowest BCUT2D eigenvalue weighted by molar-refractivity contribution is -0.135. The van der Waals surface area contributed by atoms with Gasteiger partial charge in [-0.1, -0.05) is 6.92 Å². The highest BCUT2D eigenvalue weighted by Gasteiger charge is 2.11. The first kappa shape index (κ1) is 13.0. The lowest BCUT2D eigenvalue weighted by Crippen LogP contribution is -2.31. The van der Waals surface area contributed by atoms with E-state index >= 15 is 0 Å². The minimum Gasteiger partial charge on any atom is -0.480 e. The largest absolute Gasteiger partial charge is 0.480 e. The molecule has 0 amide bonds. The maximum Gasteiger partial charge on any atom is 0.323 e. The molecule has 4 nitrogen and oxygen atoms in total. The van der Waals surface area contributed by atoms with Gasteiger partial charge in [-0.05, 0) is 40.9 Å². The lowest BCUT2D eigenvalue weighted by atomic mass is 10.3. The summed E-state index contributed by atoms with van der Waals surface area (Å²) in [6.07, 6.45) is 2.60. The first-order chi connectivity index (χ1) is 7.54. The van der Waals surface area contributed by atoms with Gasteiger partial charge in [0.2, 0.25) is 0 Å². The summed E-state index contributed by atoms with van der Waals surface area (Å²) >= 11 is 3.37. The Morgan fingerprint density at radius 2 is 2.31 bits per heavy atom. The maximum atomic E-state index is 10.7. The second-order valence-electron chi connectivity index (χ2n) is 3.61. The van der Waals surface area contributed by atoms with Crippen LogP contribution in [0.15, 0.2) is 16.7 Å². The second-order valence-corrected chi connectivity index (χ2v) is 4.46. The zero-order valence-electron chi connectivity index (χ0n) is 9.40. The van der Waals surface area contributed by atoms with Gasteiger partial charge in [-0.15, -0.1) is 0 Å². The minimum atomic E-state index is -0.837. The van der Waals surface area contributed by atoms with Gasteiger partial charge in [0.25, 0.3) is 0 Å². The van der Waals surface area contributed by atoms with Gasteiger partial charge in [0.05, 0.1) is 0 Å². The zero-order chi connectivity index (χ0) is 12.1. The lowest BCUT2D eigenvalue weighted by Gasteiger charge is -2.21. The van der Waals surface area contributed by atoms with Crippen molar-refractivity contribution < 1.29 is 9.90 Å². The van der Waals surface area contributed by atoms with Gasteiger partial charge < -0.3 is 10.0 Å². The SMILES string of the molecule is CCCN(CC(=O)O)c1cc(C)c(Br)cn1. The molecule has 0 aliphatic rings. The van der Waals surface area contributed by atoms with E-state index in [-0.39, 0.29) is 6.54 Å². The number of carboxylic acids is 1. The summed E-state index contributed by atoms with van der Waals surface area (Å²) in [4.78, 5) is 16.7. The number of carbonyl (C=O) groups is 1. The van der Waals surface area contributed by atoms with E-state index in [2.05, 4.69) is 20.9 Å². The Morgan fingerprint density at radius 3 is 2.81 bits per heavy atom. The number of aromatic nitrogens is 1. The van der Waals surface area contributed by atoms with Crippen LogP contribution >= 0.6 is 15.9 Å². The number of pyridine rings is 1. The van der Waals surface area contributed by atoms with Crippen molar-refractivity contribution in [1.29, 1.82) is 0 Å². The van der Waals surface area contributed by atoms with Crippen LogP contribution in [0.25, 0.3) is 0 Å². The molecule has 0 aliphatic carbocycles. The summed E-state index contributed by atoms with van der Waals surface area (Å²) in [5.41, 5.74) is 1.05. The molecular formula is C11H15BrN2O2. The van der Waals surface area contributed by atoms with Gasteiger partial charge in [-0.2, -0.15) is 0 Å². The quantitative estimate of drug-likeness (QED) is 0.903. The smallest absolute Gasteiger partial charge is 0.323 e. The van der Waals surface area contributed by atoms with Crippen LogP contribution in [-0.4, -0.2) is 29.1 Å². The molecule has 0 spiro atoms. The molecule has 0 bridgehead atoms. The number of hydrogen-bond donors (Lipinski definition) is 1. The normalized spacial score (nSPS) is 10.2. The summed E-state index contributed by atoms with van der Waals surface area (Å²) in [7, 11) is 0. The predicted octanol–water partition coefficient (Wildman–Crippen LogP) is 2.45. The highest BCUT2D eigenvalue weighted by molar-refractivity contribution is 9.10. The Hall–Kier alpha value is -1.10. The van der Waals surface area contributed by atoms with Gasteiger partial charge in [-0.3, -0.25) is 4.79 Å². The van der Waals surface area contributed by atoms with Crippen LogP contribution in [0.1, 0.15) is 18.9 Å². The average Bonchev–Trinajstić information content (AvgIpc) is 2.21. The Balaban J connectivity index is 2.91. The third-order valence-electron chi connectivity index (χ3n) is 2.18. The number of anilines is 1. The number of aryl methyl sites for hydroxylation is 1. The molecule has 5 heteroatoms. The standard InChI is InChI=1S/C11H15BrN2O2/c1-3-4-14(7-11(15)16)10-5-8(2)9(12)6-13-10/h5-6H,3-4,7H2,1-2H3,(H,15,16). The number of halogens is 1. The molecule has 0 saturated heterocycles. The molecule has 1 N–H and O–H groups in total. The Bertz CT molecular complexity index is 382. The predicted molar refractivity (Wildman–Crippen MR) is 66.8 cm³/mol. The van der Waals surface area contributed by atoms with E-state index in [1.54, 1.807) is 11.1 Å². The summed E-state index contributed by atoms with van der Waals surface area (Å²) < 4.78 is 0.933. The summed E-state index contributed by atoms with van der Waals surface area (Å²) in [6, 6.07) is 1.89. The van der Waals surface area contributed by atoms with Crippen LogP contribution in [0.3, 0.4) is 0 Å². The average molecular weight is 287 g/mol. The van der Waals surface area contributed by atoms with Crippen LogP contribution in [-0.2, 0) is 4.79 Å². The molecule has 1 heterocycles. The fourth-order valence-corrected chi connectivity index (χ4v) is 1.62. The first-order valence-electron chi connectivity index (χ1n) is 5.13. The fraction of sp³-hybridized carbons (Fsp3) is 0.455. The number of nitrogens with zero attached hydrogens (tertiary/aromatic N) is 2. The molecule has 0 atom stereocenters. The first-order valence-corrected chi connectivity index (χ1v) is 5.92. The van der Waals surface area contributed by atoms with Crippen LogP contribution in [0.5, 0.6) is 0 Å². The van der Waals surface area contributed by atoms with Gasteiger partial charge in [0.15, 0.2) is 0 Å². The van der Waals surface area contributed by atoms with Crippen molar-refractivity contribution in [3.05, 3.63) is 22.3 Å². The highest BCUT2D eigenvalue weighted by Crippen LogP contribution is 2.20. The molecule has 0 aromatic carbocycles. The van der Waals surface area contributed by atoms with E-state index in [0.29, 0.717) is 12.4 Å². The minimum absolute atomic E-state index is 0.0120. The molecule has 1 rings (SSSR count). The van der Waals surface area contributed by atoms with Crippen molar-refractivity contribution in [3.63, 3.8) is 0 Å². The van der Waals surface area contributed by atoms with Crippen LogP contribution in [0, 0.1) is 6.92 Å². The summed E-state index contributed by atoms with van der Waals surface area (Å²) in [5.74, 6) is -0.124. The van der Waals surface area contributed by atoms with Gasteiger partial charge in [0.1, 0.15) is 12.4 Å². The van der Waals surface area contributed by atoms with Crippen LogP contribution < -0.4 is 4.90 Å². The van der Waals surface area contributed by atoms with Gasteiger partial charge in [-0.25, -0.2) is 4.98 Å². The highest BCUT2D eigenvalue weighted by atomic mass is 79.9. The van der Waals surface area contributed by atoms with Crippen LogP contribution in [0.4, 0.5) is 5.82 Å². The molecule has 0 aliphatic heterocycles. The maximum absolute atomic E-state index is 10.7. The molecular weight excluding hydrogens is 272 g/mol. The third-order valence-corrected chi connectivity index (χ3v) is 3.01. The van der Waals surface area contributed by atoms with E-state index in [1.165, 1.54) is 0 Å². The Labute approximate surface area is 103 Å². The Morgan fingerprint density at radius 1 is 1.62 bits per heavy atom. The van der Waals surface area contributed by atoms with E-state index in [4.69, 9.17) is 5.11 Å². The van der Waals surface area contributed by atoms with Crippen molar-refractivity contribution in [2.24, 2.45) is 0 Å². The molecule has 1 aromatic rings. The fourth-order valence-electron chi connectivity index (χ4n) is 1.41. The molecule has 16 heavy (non-hydrogen) atoms.